The molecule has 0 aliphatic rings. The van der Waals surface area contributed by atoms with Crippen LogP contribution in [0.1, 0.15) is 46.2 Å². The van der Waals surface area contributed by atoms with E-state index in [0.717, 1.165) is 11.3 Å². The molecule has 0 heterocycles. The average molecular weight is 468 g/mol. The van der Waals surface area contributed by atoms with Gasteiger partial charge in [-0.05, 0) is 61.9 Å². The molecule has 0 unspecified atom stereocenters. The van der Waals surface area contributed by atoms with Crippen LogP contribution in [0.15, 0.2) is 72.8 Å². The SMILES string of the molecule is CCOC(=O)c1ccc([C@H](C)NC(=O)c2cc(Cl)ccc2OCCOc2ccccc2)cc1. The maximum absolute atomic E-state index is 13.0. The van der Waals surface area contributed by atoms with E-state index in [1.807, 2.05) is 37.3 Å². The Morgan fingerprint density at radius 1 is 0.939 bits per heavy atom. The van der Waals surface area contributed by atoms with Crippen LogP contribution >= 0.6 is 11.6 Å². The lowest BCUT2D eigenvalue weighted by Crippen LogP contribution is -2.27. The molecular formula is C26H26ClNO5. The van der Waals surface area contributed by atoms with Gasteiger partial charge in [0.2, 0.25) is 0 Å². The van der Waals surface area contributed by atoms with Crippen molar-refractivity contribution in [2.75, 3.05) is 19.8 Å². The van der Waals surface area contributed by atoms with Crippen molar-refractivity contribution in [1.82, 2.24) is 5.32 Å². The van der Waals surface area contributed by atoms with Gasteiger partial charge in [-0.25, -0.2) is 4.79 Å². The first kappa shape index (κ1) is 24.1. The molecule has 1 atom stereocenters. The highest BCUT2D eigenvalue weighted by Crippen LogP contribution is 2.24. The first-order chi connectivity index (χ1) is 16.0. The molecule has 0 spiro atoms. The minimum atomic E-state index is -0.377. The van der Waals surface area contributed by atoms with E-state index in [9.17, 15) is 9.59 Å². The fraction of sp³-hybridized carbons (Fsp3) is 0.231. The zero-order valence-corrected chi connectivity index (χ0v) is 19.3. The Hall–Kier alpha value is -3.51. The van der Waals surface area contributed by atoms with Crippen molar-refractivity contribution < 1.29 is 23.8 Å². The van der Waals surface area contributed by atoms with Gasteiger partial charge in [-0.2, -0.15) is 0 Å². The number of hydrogen-bond acceptors (Lipinski definition) is 5. The number of carbonyl (C=O) groups is 2. The first-order valence-corrected chi connectivity index (χ1v) is 11.0. The molecule has 0 saturated carbocycles. The molecule has 0 saturated heterocycles. The summed E-state index contributed by atoms with van der Waals surface area (Å²) in [6, 6.07) is 21.0. The normalized spacial score (nSPS) is 11.4. The molecule has 0 fully saturated rings. The predicted molar refractivity (Wildman–Crippen MR) is 127 cm³/mol. The Kier molecular flexibility index (Phi) is 8.72. The van der Waals surface area contributed by atoms with Crippen molar-refractivity contribution in [3.63, 3.8) is 0 Å². The maximum atomic E-state index is 13.0. The first-order valence-electron chi connectivity index (χ1n) is 10.7. The van der Waals surface area contributed by atoms with Crippen molar-refractivity contribution in [1.29, 1.82) is 0 Å². The highest BCUT2D eigenvalue weighted by atomic mass is 35.5. The fourth-order valence-electron chi connectivity index (χ4n) is 3.11. The van der Waals surface area contributed by atoms with Crippen LogP contribution in [0.3, 0.4) is 0 Å². The van der Waals surface area contributed by atoms with Gasteiger partial charge in [0.15, 0.2) is 0 Å². The molecular weight excluding hydrogens is 442 g/mol. The number of amides is 1. The van der Waals surface area contributed by atoms with Crippen molar-refractivity contribution in [2.24, 2.45) is 0 Å². The summed E-state index contributed by atoms with van der Waals surface area (Å²) in [4.78, 5) is 24.8. The number of ether oxygens (including phenoxy) is 3. The van der Waals surface area contributed by atoms with E-state index < -0.39 is 0 Å². The lowest BCUT2D eigenvalue weighted by Gasteiger charge is -2.17. The second kappa shape index (κ2) is 11.9. The summed E-state index contributed by atoms with van der Waals surface area (Å²) >= 11 is 6.12. The Morgan fingerprint density at radius 2 is 1.64 bits per heavy atom. The molecule has 3 rings (SSSR count). The van der Waals surface area contributed by atoms with Crippen LogP contribution in [0.4, 0.5) is 0 Å². The summed E-state index contributed by atoms with van der Waals surface area (Å²) in [6.07, 6.45) is 0. The quantitative estimate of drug-likeness (QED) is 0.316. The summed E-state index contributed by atoms with van der Waals surface area (Å²) in [5.74, 6) is 0.465. The van der Waals surface area contributed by atoms with Crippen molar-refractivity contribution in [3.05, 3.63) is 94.5 Å². The van der Waals surface area contributed by atoms with Gasteiger partial charge in [0.25, 0.3) is 5.91 Å². The van der Waals surface area contributed by atoms with E-state index >= 15 is 0 Å². The third kappa shape index (κ3) is 6.99. The smallest absolute Gasteiger partial charge is 0.338 e. The third-order valence-electron chi connectivity index (χ3n) is 4.81. The van der Waals surface area contributed by atoms with Crippen LogP contribution in [0.5, 0.6) is 11.5 Å². The minimum Gasteiger partial charge on any atom is -0.490 e. The van der Waals surface area contributed by atoms with Gasteiger partial charge in [0, 0.05) is 5.02 Å². The maximum Gasteiger partial charge on any atom is 0.338 e. The van der Waals surface area contributed by atoms with Crippen molar-refractivity contribution in [2.45, 2.75) is 19.9 Å². The lowest BCUT2D eigenvalue weighted by molar-refractivity contribution is 0.0526. The summed E-state index contributed by atoms with van der Waals surface area (Å²) < 4.78 is 16.4. The van der Waals surface area contributed by atoms with E-state index in [0.29, 0.717) is 35.1 Å². The van der Waals surface area contributed by atoms with Crippen LogP contribution < -0.4 is 14.8 Å². The van der Waals surface area contributed by atoms with Gasteiger partial charge in [0.05, 0.1) is 23.8 Å². The lowest BCUT2D eigenvalue weighted by atomic mass is 10.1. The van der Waals surface area contributed by atoms with Crippen molar-refractivity contribution in [3.8, 4) is 11.5 Å². The number of hydrogen-bond donors (Lipinski definition) is 1. The van der Waals surface area contributed by atoms with E-state index in [1.54, 1.807) is 49.4 Å². The van der Waals surface area contributed by atoms with Gasteiger partial charge >= 0.3 is 5.97 Å². The molecule has 0 aliphatic carbocycles. The molecule has 0 aromatic heterocycles. The summed E-state index contributed by atoms with van der Waals surface area (Å²) in [6.45, 7) is 4.53. The van der Waals surface area contributed by atoms with E-state index in [2.05, 4.69) is 5.32 Å². The van der Waals surface area contributed by atoms with Crippen LogP contribution in [0.2, 0.25) is 5.02 Å². The highest BCUT2D eigenvalue weighted by Gasteiger charge is 2.17. The number of carbonyl (C=O) groups excluding carboxylic acids is 2. The summed E-state index contributed by atoms with van der Waals surface area (Å²) in [5.41, 5.74) is 1.64. The van der Waals surface area contributed by atoms with Gasteiger partial charge < -0.3 is 19.5 Å². The highest BCUT2D eigenvalue weighted by molar-refractivity contribution is 6.31. The number of nitrogens with one attached hydrogen (secondary N) is 1. The topological polar surface area (TPSA) is 73.9 Å². The Balaban J connectivity index is 1.61. The molecule has 0 bridgehead atoms. The van der Waals surface area contributed by atoms with Crippen LogP contribution in [0, 0.1) is 0 Å². The zero-order chi connectivity index (χ0) is 23.6. The zero-order valence-electron chi connectivity index (χ0n) is 18.5. The van der Waals surface area contributed by atoms with Crippen LogP contribution in [-0.2, 0) is 4.74 Å². The minimum absolute atomic E-state index is 0.266. The molecule has 1 amide bonds. The number of rotatable bonds is 10. The predicted octanol–water partition coefficient (Wildman–Crippen LogP) is 5.47. The summed E-state index contributed by atoms with van der Waals surface area (Å²) in [7, 11) is 0. The van der Waals surface area contributed by atoms with Gasteiger partial charge in [-0.15, -0.1) is 0 Å². The van der Waals surface area contributed by atoms with Gasteiger partial charge in [-0.1, -0.05) is 41.9 Å². The fourth-order valence-corrected chi connectivity index (χ4v) is 3.29. The van der Waals surface area contributed by atoms with E-state index in [4.69, 9.17) is 25.8 Å². The number of para-hydroxylation sites is 1. The Bertz CT molecular complexity index is 1070. The second-order valence-corrected chi connectivity index (χ2v) is 7.62. The van der Waals surface area contributed by atoms with Gasteiger partial charge in [-0.3, -0.25) is 4.79 Å². The van der Waals surface area contributed by atoms with Crippen molar-refractivity contribution >= 4 is 23.5 Å². The van der Waals surface area contributed by atoms with E-state index in [-0.39, 0.29) is 24.5 Å². The standard InChI is InChI=1S/C26H26ClNO5/c1-3-31-26(30)20-11-9-19(10-12-20)18(2)28-25(29)23-17-21(27)13-14-24(23)33-16-15-32-22-7-5-4-6-8-22/h4-14,17-18H,3,15-16H2,1-2H3,(H,28,29)/t18-/m0/s1. The number of benzene rings is 3. The second-order valence-electron chi connectivity index (χ2n) is 7.19. The molecule has 1 N–H and O–H groups in total. The van der Waals surface area contributed by atoms with Gasteiger partial charge in [0.1, 0.15) is 24.7 Å². The number of esters is 1. The average Bonchev–Trinajstić information content (AvgIpc) is 2.83. The molecule has 172 valence electrons. The Morgan fingerprint density at radius 3 is 2.33 bits per heavy atom. The number of halogens is 1. The molecule has 6 nitrogen and oxygen atoms in total. The molecule has 7 heteroatoms. The third-order valence-corrected chi connectivity index (χ3v) is 5.04. The summed E-state index contributed by atoms with van der Waals surface area (Å²) in [5, 5.41) is 3.38. The largest absolute Gasteiger partial charge is 0.490 e. The molecule has 3 aromatic rings. The van der Waals surface area contributed by atoms with Crippen LogP contribution in [0.25, 0.3) is 0 Å². The monoisotopic (exact) mass is 467 g/mol. The van der Waals surface area contributed by atoms with E-state index in [1.165, 1.54) is 0 Å². The molecule has 0 aliphatic heterocycles. The molecule has 0 radical (unpaired) electrons. The molecule has 3 aromatic carbocycles. The molecule has 33 heavy (non-hydrogen) atoms. The van der Waals surface area contributed by atoms with Crippen LogP contribution in [-0.4, -0.2) is 31.7 Å². The Labute approximate surface area is 198 Å².